The first kappa shape index (κ1) is 20.7. The average Bonchev–Trinajstić information content (AvgIpc) is 2.67. The highest BCUT2D eigenvalue weighted by Gasteiger charge is 2.14. The van der Waals surface area contributed by atoms with Crippen molar-refractivity contribution in [3.63, 3.8) is 0 Å². The number of hydrogen-bond donors (Lipinski definition) is 2. The second-order valence-electron chi connectivity index (χ2n) is 5.82. The molecule has 0 bridgehead atoms. The summed E-state index contributed by atoms with van der Waals surface area (Å²) in [6.07, 6.45) is 3.51. The van der Waals surface area contributed by atoms with Crippen LogP contribution in [0.5, 0.6) is 5.75 Å². The zero-order valence-electron chi connectivity index (χ0n) is 15.5. The van der Waals surface area contributed by atoms with Crippen molar-refractivity contribution in [3.05, 3.63) is 52.3 Å². The molecule has 0 unspecified atom stereocenters. The number of halogens is 1. The lowest BCUT2D eigenvalue weighted by Crippen LogP contribution is -2.25. The fourth-order valence-corrected chi connectivity index (χ4v) is 2.49. The number of rotatable bonds is 8. The molecule has 1 aromatic heterocycles. The first-order valence-corrected chi connectivity index (χ1v) is 8.71. The van der Waals surface area contributed by atoms with E-state index in [1.54, 1.807) is 19.2 Å². The van der Waals surface area contributed by atoms with Crippen LogP contribution < -0.4 is 15.4 Å². The molecule has 7 nitrogen and oxygen atoms in total. The molecule has 1 heterocycles. The Morgan fingerprint density at radius 1 is 1.11 bits per heavy atom. The lowest BCUT2D eigenvalue weighted by atomic mass is 10.1. The summed E-state index contributed by atoms with van der Waals surface area (Å²) in [5.41, 5.74) is 1.85. The van der Waals surface area contributed by atoms with E-state index >= 15 is 0 Å². The standard InChI is InChI=1S/C19H22ClN3O4/c1-12-7-16(17(27-3)9-15(12)20)23-19(25)14-8-13(10-21-11-14)18(24)22-5-4-6-26-2/h7-11H,4-6H2,1-3H3,(H,22,24)(H,23,25). The molecular weight excluding hydrogens is 370 g/mol. The summed E-state index contributed by atoms with van der Waals surface area (Å²) < 4.78 is 10.2. The minimum absolute atomic E-state index is 0.259. The summed E-state index contributed by atoms with van der Waals surface area (Å²) in [6.45, 7) is 2.86. The third kappa shape index (κ3) is 5.67. The van der Waals surface area contributed by atoms with E-state index in [2.05, 4.69) is 15.6 Å². The number of ether oxygens (including phenoxy) is 2. The minimum Gasteiger partial charge on any atom is -0.495 e. The Morgan fingerprint density at radius 3 is 2.48 bits per heavy atom. The van der Waals surface area contributed by atoms with Crippen molar-refractivity contribution in [2.75, 3.05) is 32.7 Å². The van der Waals surface area contributed by atoms with Crippen LogP contribution in [0.3, 0.4) is 0 Å². The van der Waals surface area contributed by atoms with Crippen LogP contribution in [0, 0.1) is 6.92 Å². The third-order valence-electron chi connectivity index (χ3n) is 3.80. The molecule has 2 rings (SSSR count). The maximum Gasteiger partial charge on any atom is 0.257 e. The lowest BCUT2D eigenvalue weighted by molar-refractivity contribution is 0.0948. The van der Waals surface area contributed by atoms with Crippen molar-refractivity contribution in [1.29, 1.82) is 0 Å². The van der Waals surface area contributed by atoms with Crippen LogP contribution in [0.15, 0.2) is 30.6 Å². The highest BCUT2D eigenvalue weighted by molar-refractivity contribution is 6.31. The monoisotopic (exact) mass is 391 g/mol. The van der Waals surface area contributed by atoms with Crippen LogP contribution in [0.2, 0.25) is 5.02 Å². The molecule has 2 aromatic rings. The predicted octanol–water partition coefficient (Wildman–Crippen LogP) is 3.07. The van der Waals surface area contributed by atoms with Gasteiger partial charge in [-0.2, -0.15) is 0 Å². The van der Waals surface area contributed by atoms with Crippen LogP contribution >= 0.6 is 11.6 Å². The van der Waals surface area contributed by atoms with Gasteiger partial charge < -0.3 is 20.1 Å². The average molecular weight is 392 g/mol. The van der Waals surface area contributed by atoms with E-state index in [9.17, 15) is 9.59 Å². The molecule has 0 aliphatic rings. The lowest BCUT2D eigenvalue weighted by Gasteiger charge is -2.12. The highest BCUT2D eigenvalue weighted by atomic mass is 35.5. The Balaban J connectivity index is 2.11. The quantitative estimate of drug-likeness (QED) is 0.675. The van der Waals surface area contributed by atoms with Gasteiger partial charge in [-0.15, -0.1) is 0 Å². The summed E-state index contributed by atoms with van der Waals surface area (Å²) in [7, 11) is 3.09. The SMILES string of the molecule is COCCCNC(=O)c1cncc(C(=O)Nc2cc(C)c(Cl)cc2OC)c1. The van der Waals surface area contributed by atoms with E-state index in [1.165, 1.54) is 25.6 Å². The number of carbonyl (C=O) groups is 2. The smallest absolute Gasteiger partial charge is 0.257 e. The van der Waals surface area contributed by atoms with Crippen LogP contribution in [-0.4, -0.2) is 44.2 Å². The van der Waals surface area contributed by atoms with Gasteiger partial charge in [-0.25, -0.2) is 0 Å². The van der Waals surface area contributed by atoms with Crippen LogP contribution in [0.1, 0.15) is 32.7 Å². The molecule has 0 fully saturated rings. The van der Waals surface area contributed by atoms with Gasteiger partial charge in [0.15, 0.2) is 0 Å². The largest absolute Gasteiger partial charge is 0.495 e. The van der Waals surface area contributed by atoms with Gasteiger partial charge in [0.05, 0.1) is 23.9 Å². The number of methoxy groups -OCH3 is 2. The van der Waals surface area contributed by atoms with Gasteiger partial charge in [0.2, 0.25) is 0 Å². The van der Waals surface area contributed by atoms with Crippen molar-refractivity contribution >= 4 is 29.1 Å². The number of nitrogens with zero attached hydrogens (tertiary/aromatic N) is 1. The Kier molecular flexibility index (Phi) is 7.57. The van der Waals surface area contributed by atoms with Crippen LogP contribution in [0.4, 0.5) is 5.69 Å². The Labute approximate surface area is 163 Å². The summed E-state index contributed by atoms with van der Waals surface area (Å²) in [5, 5.41) is 6.06. The Bertz CT molecular complexity index is 827. The molecular formula is C19H22ClN3O4. The molecule has 27 heavy (non-hydrogen) atoms. The number of aryl methyl sites for hydroxylation is 1. The molecule has 0 aliphatic heterocycles. The molecule has 2 N–H and O–H groups in total. The highest BCUT2D eigenvalue weighted by Crippen LogP contribution is 2.31. The maximum absolute atomic E-state index is 12.6. The molecule has 0 atom stereocenters. The molecule has 0 radical (unpaired) electrons. The van der Waals surface area contributed by atoms with Gasteiger partial charge >= 0.3 is 0 Å². The van der Waals surface area contributed by atoms with Gasteiger partial charge in [-0.05, 0) is 31.0 Å². The zero-order chi connectivity index (χ0) is 19.8. The molecule has 0 saturated heterocycles. The van der Waals surface area contributed by atoms with E-state index in [0.717, 1.165) is 5.56 Å². The number of amides is 2. The van der Waals surface area contributed by atoms with Gasteiger partial charge in [-0.3, -0.25) is 14.6 Å². The fourth-order valence-electron chi connectivity index (χ4n) is 2.33. The number of hydrogen-bond acceptors (Lipinski definition) is 5. The first-order valence-electron chi connectivity index (χ1n) is 8.34. The molecule has 144 valence electrons. The number of nitrogens with one attached hydrogen (secondary N) is 2. The van der Waals surface area contributed by atoms with Crippen molar-refractivity contribution in [2.45, 2.75) is 13.3 Å². The third-order valence-corrected chi connectivity index (χ3v) is 4.21. The first-order chi connectivity index (χ1) is 13.0. The van der Waals surface area contributed by atoms with E-state index in [4.69, 9.17) is 21.1 Å². The molecule has 8 heteroatoms. The predicted molar refractivity (Wildman–Crippen MR) is 104 cm³/mol. The fraction of sp³-hybridized carbons (Fsp3) is 0.316. The summed E-state index contributed by atoms with van der Waals surface area (Å²) in [5.74, 6) is -0.260. The zero-order valence-corrected chi connectivity index (χ0v) is 16.2. The number of anilines is 1. The summed E-state index contributed by atoms with van der Waals surface area (Å²) >= 11 is 6.08. The van der Waals surface area contributed by atoms with E-state index in [1.807, 2.05) is 6.92 Å². The molecule has 0 spiro atoms. The van der Waals surface area contributed by atoms with Gasteiger partial charge in [0.25, 0.3) is 11.8 Å². The van der Waals surface area contributed by atoms with Gasteiger partial charge in [0.1, 0.15) is 5.75 Å². The van der Waals surface area contributed by atoms with Gasteiger partial charge in [-0.1, -0.05) is 11.6 Å². The van der Waals surface area contributed by atoms with E-state index in [0.29, 0.717) is 41.6 Å². The Morgan fingerprint density at radius 2 is 1.81 bits per heavy atom. The van der Waals surface area contributed by atoms with Gasteiger partial charge in [0, 0.05) is 43.7 Å². The number of aromatic nitrogens is 1. The number of carbonyl (C=O) groups excluding carboxylic acids is 2. The number of pyridine rings is 1. The van der Waals surface area contributed by atoms with E-state index < -0.39 is 5.91 Å². The van der Waals surface area contributed by atoms with E-state index in [-0.39, 0.29) is 11.5 Å². The topological polar surface area (TPSA) is 89.5 Å². The van der Waals surface area contributed by atoms with Crippen molar-refractivity contribution in [1.82, 2.24) is 10.3 Å². The molecule has 2 amide bonds. The maximum atomic E-state index is 12.6. The summed E-state index contributed by atoms with van der Waals surface area (Å²) in [4.78, 5) is 28.7. The van der Waals surface area contributed by atoms with Crippen molar-refractivity contribution < 1.29 is 19.1 Å². The van der Waals surface area contributed by atoms with Crippen molar-refractivity contribution in [2.24, 2.45) is 0 Å². The number of benzene rings is 1. The second-order valence-corrected chi connectivity index (χ2v) is 6.23. The molecule has 0 aliphatic carbocycles. The normalized spacial score (nSPS) is 10.4. The van der Waals surface area contributed by atoms with Crippen molar-refractivity contribution in [3.8, 4) is 5.75 Å². The Hall–Kier alpha value is -2.64. The van der Waals surface area contributed by atoms with Crippen LogP contribution in [0.25, 0.3) is 0 Å². The molecule has 1 aromatic carbocycles. The summed E-state index contributed by atoms with van der Waals surface area (Å²) in [6, 6.07) is 4.84. The second kappa shape index (κ2) is 9.89. The van der Waals surface area contributed by atoms with Crippen LogP contribution in [-0.2, 0) is 4.74 Å². The molecule has 0 saturated carbocycles. The minimum atomic E-state index is -0.406.